The molecule has 7 heteroatoms. The lowest BCUT2D eigenvalue weighted by Crippen LogP contribution is -2.27. The maximum Gasteiger partial charge on any atom is 0.270 e. The molecule has 162 valence electrons. The van der Waals surface area contributed by atoms with Crippen LogP contribution in [0.3, 0.4) is 0 Å². The predicted octanol–water partition coefficient (Wildman–Crippen LogP) is 5.01. The van der Waals surface area contributed by atoms with Gasteiger partial charge in [-0.2, -0.15) is 5.10 Å². The monoisotopic (exact) mass is 446 g/mol. The molecule has 0 saturated heterocycles. The lowest BCUT2D eigenvalue weighted by Gasteiger charge is -2.17. The fourth-order valence-corrected chi connectivity index (χ4v) is 3.71. The number of carbonyl (C=O) groups is 2. The van der Waals surface area contributed by atoms with Crippen molar-refractivity contribution in [3.8, 4) is 16.9 Å². The Morgan fingerprint density at radius 2 is 1.72 bits per heavy atom. The molecule has 0 bridgehead atoms. The highest BCUT2D eigenvalue weighted by molar-refractivity contribution is 6.30. The summed E-state index contributed by atoms with van der Waals surface area (Å²) in [5, 5.41) is 5.44. The third-order valence-corrected chi connectivity index (χ3v) is 5.57. The first-order valence-electron chi connectivity index (χ1n) is 10.2. The van der Waals surface area contributed by atoms with E-state index < -0.39 is 0 Å². The zero-order valence-corrected chi connectivity index (χ0v) is 18.9. The van der Waals surface area contributed by atoms with Crippen LogP contribution in [0.1, 0.15) is 33.3 Å². The first-order chi connectivity index (χ1) is 15.3. The molecule has 0 aliphatic heterocycles. The second-order valence-electron chi connectivity index (χ2n) is 7.73. The minimum Gasteiger partial charge on any atom is -0.346 e. The van der Waals surface area contributed by atoms with Gasteiger partial charge >= 0.3 is 0 Å². The van der Waals surface area contributed by atoms with E-state index in [9.17, 15) is 9.59 Å². The molecule has 0 radical (unpaired) electrons. The number of ketones is 1. The summed E-state index contributed by atoms with van der Waals surface area (Å²) in [5.41, 5.74) is 4.49. The third-order valence-electron chi connectivity index (χ3n) is 5.31. The number of carbonyl (C=O) groups excluding carboxylic acids is 2. The zero-order valence-electron chi connectivity index (χ0n) is 18.1. The summed E-state index contributed by atoms with van der Waals surface area (Å²) in [6.45, 7) is 1.84. The molecular weight excluding hydrogens is 424 g/mol. The van der Waals surface area contributed by atoms with E-state index in [1.807, 2.05) is 65.5 Å². The van der Waals surface area contributed by atoms with Crippen LogP contribution in [0.15, 0.2) is 73.1 Å². The predicted molar refractivity (Wildman–Crippen MR) is 125 cm³/mol. The van der Waals surface area contributed by atoms with Gasteiger partial charge in [-0.3, -0.25) is 9.59 Å². The number of rotatable bonds is 6. The molecule has 32 heavy (non-hydrogen) atoms. The Morgan fingerprint density at radius 3 is 2.34 bits per heavy atom. The summed E-state index contributed by atoms with van der Waals surface area (Å²) in [6.07, 6.45) is 3.62. The van der Waals surface area contributed by atoms with E-state index in [1.54, 1.807) is 35.8 Å². The molecule has 6 nitrogen and oxygen atoms in total. The fraction of sp³-hybridized carbons (Fsp3) is 0.160. The molecule has 2 heterocycles. The van der Waals surface area contributed by atoms with Gasteiger partial charge in [-0.1, -0.05) is 41.9 Å². The number of Topliss-reactive ketones (excluding diaryl/α,β-unsaturated/α-hetero) is 1. The number of hydrogen-bond acceptors (Lipinski definition) is 3. The molecule has 0 aliphatic rings. The van der Waals surface area contributed by atoms with E-state index in [0.717, 1.165) is 22.5 Å². The van der Waals surface area contributed by atoms with Gasteiger partial charge in [0.15, 0.2) is 5.78 Å². The van der Waals surface area contributed by atoms with E-state index >= 15 is 0 Å². The van der Waals surface area contributed by atoms with Crippen molar-refractivity contribution in [3.63, 3.8) is 0 Å². The largest absolute Gasteiger partial charge is 0.346 e. The Bertz CT molecular complexity index is 1270. The maximum absolute atomic E-state index is 13.1. The second-order valence-corrected chi connectivity index (χ2v) is 8.17. The number of hydrogen-bond donors (Lipinski definition) is 0. The SMILES string of the molecule is CC(=O)c1cc(C(=O)N(C)Cc2cn(-c3ccccc3)nc2-c2ccc(Cl)cc2)n(C)c1. The summed E-state index contributed by atoms with van der Waals surface area (Å²) >= 11 is 6.07. The van der Waals surface area contributed by atoms with Crippen molar-refractivity contribution in [3.05, 3.63) is 94.9 Å². The highest BCUT2D eigenvalue weighted by Gasteiger charge is 2.21. The fourth-order valence-electron chi connectivity index (χ4n) is 3.58. The van der Waals surface area contributed by atoms with E-state index in [0.29, 0.717) is 22.8 Å². The van der Waals surface area contributed by atoms with Crippen molar-refractivity contribution < 1.29 is 9.59 Å². The highest BCUT2D eigenvalue weighted by atomic mass is 35.5. The molecule has 0 fully saturated rings. The van der Waals surface area contributed by atoms with Gasteiger partial charge in [-0.05, 0) is 37.3 Å². The number of aromatic nitrogens is 3. The highest BCUT2D eigenvalue weighted by Crippen LogP contribution is 2.26. The van der Waals surface area contributed by atoms with Crippen molar-refractivity contribution in [1.82, 2.24) is 19.2 Å². The van der Waals surface area contributed by atoms with Gasteiger partial charge in [-0.15, -0.1) is 0 Å². The van der Waals surface area contributed by atoms with Gasteiger partial charge in [-0.25, -0.2) is 4.68 Å². The Labute approximate surface area is 191 Å². The summed E-state index contributed by atoms with van der Waals surface area (Å²) < 4.78 is 3.50. The van der Waals surface area contributed by atoms with Gasteiger partial charge in [0, 0.05) is 54.7 Å². The van der Waals surface area contributed by atoms with Crippen molar-refractivity contribution in [2.75, 3.05) is 7.05 Å². The second kappa shape index (κ2) is 8.85. The minimum absolute atomic E-state index is 0.0727. The lowest BCUT2D eigenvalue weighted by atomic mass is 10.1. The Balaban J connectivity index is 1.68. The van der Waals surface area contributed by atoms with Crippen LogP contribution in [0.25, 0.3) is 16.9 Å². The summed E-state index contributed by atoms with van der Waals surface area (Å²) in [7, 11) is 3.51. The molecule has 0 aliphatic carbocycles. The van der Waals surface area contributed by atoms with E-state index in [1.165, 1.54) is 6.92 Å². The van der Waals surface area contributed by atoms with Gasteiger partial charge in [0.1, 0.15) is 5.69 Å². The average Bonchev–Trinajstić information content (AvgIpc) is 3.38. The molecule has 4 aromatic rings. The average molecular weight is 447 g/mol. The van der Waals surface area contributed by atoms with Gasteiger partial charge in [0.2, 0.25) is 0 Å². The van der Waals surface area contributed by atoms with E-state index in [-0.39, 0.29) is 11.7 Å². The number of aryl methyl sites for hydroxylation is 1. The minimum atomic E-state index is -0.172. The molecule has 0 atom stereocenters. The Morgan fingerprint density at radius 1 is 1.03 bits per heavy atom. The van der Waals surface area contributed by atoms with Crippen LogP contribution >= 0.6 is 11.6 Å². The van der Waals surface area contributed by atoms with Crippen molar-refractivity contribution in [2.24, 2.45) is 7.05 Å². The van der Waals surface area contributed by atoms with Crippen molar-refractivity contribution in [2.45, 2.75) is 13.5 Å². The van der Waals surface area contributed by atoms with Gasteiger partial charge in [0.25, 0.3) is 5.91 Å². The number of halogens is 1. The molecule has 2 aromatic carbocycles. The van der Waals surface area contributed by atoms with Crippen LogP contribution in [-0.2, 0) is 13.6 Å². The van der Waals surface area contributed by atoms with Crippen LogP contribution in [0, 0.1) is 0 Å². The zero-order chi connectivity index (χ0) is 22.8. The molecule has 0 unspecified atom stereocenters. The van der Waals surface area contributed by atoms with E-state index in [2.05, 4.69) is 0 Å². The van der Waals surface area contributed by atoms with Crippen LogP contribution in [-0.4, -0.2) is 38.0 Å². The third kappa shape index (κ3) is 4.36. The van der Waals surface area contributed by atoms with Crippen LogP contribution in [0.5, 0.6) is 0 Å². The topological polar surface area (TPSA) is 60.1 Å². The first-order valence-corrected chi connectivity index (χ1v) is 10.5. The maximum atomic E-state index is 13.1. The Kier molecular flexibility index (Phi) is 5.97. The first kappa shape index (κ1) is 21.6. The molecule has 4 rings (SSSR count). The molecular formula is C25H23ClN4O2. The smallest absolute Gasteiger partial charge is 0.270 e. The summed E-state index contributed by atoms with van der Waals surface area (Å²) in [5.74, 6) is -0.244. The number of para-hydroxylation sites is 1. The molecule has 0 N–H and O–H groups in total. The number of benzene rings is 2. The van der Waals surface area contributed by atoms with Crippen LogP contribution in [0.4, 0.5) is 0 Å². The molecule has 1 amide bonds. The van der Waals surface area contributed by atoms with Crippen molar-refractivity contribution in [1.29, 1.82) is 0 Å². The normalized spacial score (nSPS) is 10.9. The standard InChI is InChI=1S/C25H23ClN4O2/c1-17(31)19-13-23(28(2)14-19)25(32)29(3)15-20-16-30(22-7-5-4-6-8-22)27-24(20)18-9-11-21(26)12-10-18/h4-14,16H,15H2,1-3H3. The quantitative estimate of drug-likeness (QED) is 0.391. The Hall–Kier alpha value is -3.64. The van der Waals surface area contributed by atoms with Gasteiger partial charge < -0.3 is 9.47 Å². The summed E-state index contributed by atoms with van der Waals surface area (Å²) in [6, 6.07) is 18.9. The molecule has 0 saturated carbocycles. The van der Waals surface area contributed by atoms with Gasteiger partial charge in [0.05, 0.1) is 11.4 Å². The molecule has 2 aromatic heterocycles. The number of amides is 1. The van der Waals surface area contributed by atoms with Crippen LogP contribution in [0.2, 0.25) is 5.02 Å². The number of nitrogens with zero attached hydrogens (tertiary/aromatic N) is 4. The van der Waals surface area contributed by atoms with E-state index in [4.69, 9.17) is 16.7 Å². The van der Waals surface area contributed by atoms with Crippen molar-refractivity contribution >= 4 is 23.3 Å². The summed E-state index contributed by atoms with van der Waals surface area (Å²) in [4.78, 5) is 26.5. The van der Waals surface area contributed by atoms with Crippen LogP contribution < -0.4 is 0 Å². The lowest BCUT2D eigenvalue weighted by molar-refractivity contribution is 0.0776. The molecule has 0 spiro atoms.